The predicted octanol–water partition coefficient (Wildman–Crippen LogP) is 2.97. The summed E-state index contributed by atoms with van der Waals surface area (Å²) in [5.41, 5.74) is 1.88. The third-order valence-corrected chi connectivity index (χ3v) is 8.88. The zero-order valence-corrected chi connectivity index (χ0v) is 23.4. The zero-order valence-electron chi connectivity index (χ0n) is 22.6. The lowest BCUT2D eigenvalue weighted by Gasteiger charge is -2.35. The van der Waals surface area contributed by atoms with Gasteiger partial charge in [-0.2, -0.15) is 4.31 Å². The molecule has 212 valence electrons. The Kier molecular flexibility index (Phi) is 8.43. The van der Waals surface area contributed by atoms with Crippen molar-refractivity contribution >= 4 is 15.9 Å². The molecule has 0 N–H and O–H groups in total. The second-order valence-corrected chi connectivity index (χ2v) is 11.5. The van der Waals surface area contributed by atoms with Crippen LogP contribution in [0.1, 0.15) is 11.1 Å². The molecule has 1 saturated heterocycles. The van der Waals surface area contributed by atoms with Crippen molar-refractivity contribution in [3.05, 3.63) is 77.9 Å². The van der Waals surface area contributed by atoms with Crippen molar-refractivity contribution in [3.63, 3.8) is 0 Å². The van der Waals surface area contributed by atoms with Gasteiger partial charge in [-0.3, -0.25) is 9.69 Å². The number of benzene rings is 3. The lowest BCUT2D eigenvalue weighted by Crippen LogP contribution is -2.51. The first-order chi connectivity index (χ1) is 19.4. The highest BCUT2D eigenvalue weighted by molar-refractivity contribution is 7.89. The van der Waals surface area contributed by atoms with Crippen LogP contribution in [0.4, 0.5) is 0 Å². The van der Waals surface area contributed by atoms with E-state index < -0.39 is 10.0 Å². The van der Waals surface area contributed by atoms with Gasteiger partial charge in [0, 0.05) is 45.3 Å². The molecule has 0 spiro atoms. The maximum atomic E-state index is 13.9. The molecule has 1 fully saturated rings. The number of carbonyl (C=O) groups is 1. The zero-order chi connectivity index (χ0) is 28.1. The fourth-order valence-electron chi connectivity index (χ4n) is 4.84. The molecule has 2 aliphatic rings. The van der Waals surface area contributed by atoms with Gasteiger partial charge in [0.05, 0.1) is 20.8 Å². The minimum Gasteiger partial charge on any atom is -0.497 e. The molecule has 0 aromatic heterocycles. The van der Waals surface area contributed by atoms with Crippen LogP contribution in [0.25, 0.3) is 0 Å². The minimum absolute atomic E-state index is 0.0410. The highest BCUT2D eigenvalue weighted by Gasteiger charge is 2.32. The van der Waals surface area contributed by atoms with Crippen molar-refractivity contribution in [2.45, 2.75) is 18.0 Å². The molecule has 0 radical (unpaired) electrons. The minimum atomic E-state index is -4.12. The molecule has 3 aromatic carbocycles. The molecule has 0 atom stereocenters. The van der Waals surface area contributed by atoms with Gasteiger partial charge in [-0.25, -0.2) is 8.42 Å². The molecule has 10 nitrogen and oxygen atoms in total. The van der Waals surface area contributed by atoms with E-state index in [1.54, 1.807) is 17.0 Å². The first-order valence-electron chi connectivity index (χ1n) is 13.0. The summed E-state index contributed by atoms with van der Waals surface area (Å²) in [6.45, 7) is 3.07. The third kappa shape index (κ3) is 6.16. The summed E-state index contributed by atoms with van der Waals surface area (Å²) in [4.78, 5) is 17.4. The molecule has 2 aliphatic heterocycles. The quantitative estimate of drug-likeness (QED) is 0.369. The SMILES string of the molecule is COc1ccc(OC)c(S(=O)(=O)N(CC(=O)N2CCN(Cc3ccc4c(c3)OCO4)CC2)Cc2ccccc2)c1. The molecule has 3 aromatic rings. The Labute approximate surface area is 234 Å². The summed E-state index contributed by atoms with van der Waals surface area (Å²) in [5, 5.41) is 0. The summed E-state index contributed by atoms with van der Waals surface area (Å²) in [6, 6.07) is 19.7. The van der Waals surface area contributed by atoms with Gasteiger partial charge in [-0.15, -0.1) is 0 Å². The largest absolute Gasteiger partial charge is 0.497 e. The number of methoxy groups -OCH3 is 2. The number of rotatable bonds is 10. The van der Waals surface area contributed by atoms with E-state index in [9.17, 15) is 13.2 Å². The Balaban J connectivity index is 1.29. The van der Waals surface area contributed by atoms with Gasteiger partial charge >= 0.3 is 0 Å². The van der Waals surface area contributed by atoms with Gasteiger partial charge in [0.25, 0.3) is 0 Å². The van der Waals surface area contributed by atoms with Gasteiger partial charge in [-0.05, 0) is 35.4 Å². The van der Waals surface area contributed by atoms with E-state index >= 15 is 0 Å². The van der Waals surface area contributed by atoms with E-state index in [2.05, 4.69) is 4.90 Å². The monoisotopic (exact) mass is 567 g/mol. The van der Waals surface area contributed by atoms with Crippen molar-refractivity contribution in [1.82, 2.24) is 14.1 Å². The standard InChI is InChI=1S/C29H33N3O7S/c1-36-24-9-11-26(37-2)28(17-24)40(34,35)32(19-22-6-4-3-5-7-22)20-29(33)31-14-12-30(13-15-31)18-23-8-10-25-27(16-23)39-21-38-25/h3-11,16-17H,12-15,18-21H2,1-2H3. The Bertz CT molecular complexity index is 1440. The normalized spacial score (nSPS) is 15.3. The van der Waals surface area contributed by atoms with E-state index in [1.807, 2.05) is 48.5 Å². The van der Waals surface area contributed by atoms with Crippen LogP contribution in [-0.4, -0.2) is 82.2 Å². The lowest BCUT2D eigenvalue weighted by atomic mass is 10.1. The maximum Gasteiger partial charge on any atom is 0.247 e. The van der Waals surface area contributed by atoms with E-state index in [0.717, 1.165) is 29.2 Å². The van der Waals surface area contributed by atoms with Gasteiger partial charge in [0.2, 0.25) is 22.7 Å². The van der Waals surface area contributed by atoms with Crippen molar-refractivity contribution < 1.29 is 32.2 Å². The summed E-state index contributed by atoms with van der Waals surface area (Å²) in [7, 11) is -1.24. The molecule has 11 heteroatoms. The molecule has 5 rings (SSSR count). The van der Waals surface area contributed by atoms with Crippen LogP contribution in [0.15, 0.2) is 71.6 Å². The van der Waals surface area contributed by atoms with Crippen molar-refractivity contribution in [1.29, 1.82) is 0 Å². The van der Waals surface area contributed by atoms with Crippen molar-refractivity contribution in [3.8, 4) is 23.0 Å². The Morgan fingerprint density at radius 3 is 2.35 bits per heavy atom. The van der Waals surface area contributed by atoms with Gasteiger partial charge in [-0.1, -0.05) is 36.4 Å². The fraction of sp³-hybridized carbons (Fsp3) is 0.345. The second kappa shape index (κ2) is 12.2. The Hall–Kier alpha value is -3.80. The van der Waals surface area contributed by atoms with Gasteiger partial charge < -0.3 is 23.8 Å². The average Bonchev–Trinajstić information content (AvgIpc) is 3.45. The van der Waals surface area contributed by atoms with Crippen LogP contribution in [0.5, 0.6) is 23.0 Å². The van der Waals surface area contributed by atoms with E-state index in [0.29, 0.717) is 31.9 Å². The molecule has 40 heavy (non-hydrogen) atoms. The number of hydrogen-bond acceptors (Lipinski definition) is 8. The molecular formula is C29H33N3O7S. The third-order valence-electron chi connectivity index (χ3n) is 7.07. The molecule has 0 unspecified atom stereocenters. The van der Waals surface area contributed by atoms with Crippen LogP contribution in [-0.2, 0) is 27.9 Å². The first kappa shape index (κ1) is 27.8. The summed E-state index contributed by atoms with van der Waals surface area (Å²) in [6.07, 6.45) is 0. The van der Waals surface area contributed by atoms with Crippen LogP contribution in [0.2, 0.25) is 0 Å². The first-order valence-corrected chi connectivity index (χ1v) is 14.5. The van der Waals surface area contributed by atoms with E-state index in [4.69, 9.17) is 18.9 Å². The van der Waals surface area contributed by atoms with E-state index in [1.165, 1.54) is 24.6 Å². The summed E-state index contributed by atoms with van der Waals surface area (Å²) < 4.78 is 50.6. The van der Waals surface area contributed by atoms with Crippen LogP contribution < -0.4 is 18.9 Å². The highest BCUT2D eigenvalue weighted by atomic mass is 32.2. The molecular weight excluding hydrogens is 534 g/mol. The van der Waals surface area contributed by atoms with Crippen molar-refractivity contribution in [2.75, 3.05) is 53.7 Å². The second-order valence-electron chi connectivity index (χ2n) is 9.62. The number of piperazine rings is 1. The Morgan fingerprint density at radius 1 is 0.875 bits per heavy atom. The van der Waals surface area contributed by atoms with Gasteiger partial charge in [0.15, 0.2) is 11.5 Å². The predicted molar refractivity (Wildman–Crippen MR) is 148 cm³/mol. The number of nitrogens with zero attached hydrogens (tertiary/aromatic N) is 3. The molecule has 0 bridgehead atoms. The molecule has 0 aliphatic carbocycles. The molecule has 0 saturated carbocycles. The summed E-state index contributed by atoms with van der Waals surface area (Å²) >= 11 is 0. The van der Waals surface area contributed by atoms with Crippen LogP contribution in [0, 0.1) is 0 Å². The highest BCUT2D eigenvalue weighted by Crippen LogP contribution is 2.33. The van der Waals surface area contributed by atoms with Crippen LogP contribution >= 0.6 is 0 Å². The van der Waals surface area contributed by atoms with E-state index in [-0.39, 0.29) is 36.4 Å². The fourth-order valence-corrected chi connectivity index (χ4v) is 6.39. The van der Waals surface area contributed by atoms with Crippen LogP contribution in [0.3, 0.4) is 0 Å². The van der Waals surface area contributed by atoms with Crippen molar-refractivity contribution in [2.24, 2.45) is 0 Å². The number of hydrogen-bond donors (Lipinski definition) is 0. The number of sulfonamides is 1. The topological polar surface area (TPSA) is 97.8 Å². The average molecular weight is 568 g/mol. The van der Waals surface area contributed by atoms with Gasteiger partial charge in [0.1, 0.15) is 16.4 Å². The number of amides is 1. The summed E-state index contributed by atoms with van der Waals surface area (Å²) in [5.74, 6) is 1.82. The Morgan fingerprint density at radius 2 is 1.62 bits per heavy atom. The smallest absolute Gasteiger partial charge is 0.247 e. The number of ether oxygens (including phenoxy) is 4. The lowest BCUT2D eigenvalue weighted by molar-refractivity contribution is -0.133. The molecule has 2 heterocycles. The number of fused-ring (bicyclic) bond motifs is 1. The molecule has 1 amide bonds. The maximum absolute atomic E-state index is 13.9. The number of carbonyl (C=O) groups excluding carboxylic acids is 1.